The van der Waals surface area contributed by atoms with Crippen LogP contribution in [0.3, 0.4) is 0 Å². The van der Waals surface area contributed by atoms with Crippen molar-refractivity contribution in [3.05, 3.63) is 111 Å². The third-order valence-corrected chi connectivity index (χ3v) is 8.50. The number of fused-ring (bicyclic) bond motifs is 1. The Morgan fingerprint density at radius 1 is 1.04 bits per heavy atom. The van der Waals surface area contributed by atoms with Gasteiger partial charge in [-0.2, -0.15) is 4.98 Å². The van der Waals surface area contributed by atoms with Crippen LogP contribution in [0.5, 0.6) is 0 Å². The molecule has 0 aliphatic carbocycles. The summed E-state index contributed by atoms with van der Waals surface area (Å²) in [5.74, 6) is -0.0607. The molecule has 0 unspecified atom stereocenters. The molecule has 2 aromatic heterocycles. The van der Waals surface area contributed by atoms with Crippen molar-refractivity contribution in [3.63, 3.8) is 0 Å². The van der Waals surface area contributed by atoms with Crippen LogP contribution in [0.2, 0.25) is 5.02 Å². The highest BCUT2D eigenvalue weighted by molar-refractivity contribution is 6.30. The highest BCUT2D eigenvalue weighted by atomic mass is 35.5. The monoisotopic (exact) mass is 672 g/mol. The van der Waals surface area contributed by atoms with E-state index in [4.69, 9.17) is 20.9 Å². The van der Waals surface area contributed by atoms with Crippen LogP contribution in [0.4, 0.5) is 14.9 Å². The van der Waals surface area contributed by atoms with Crippen molar-refractivity contribution in [1.82, 2.24) is 24.9 Å². The molecule has 1 aliphatic heterocycles. The molecule has 1 amide bonds. The zero-order valence-corrected chi connectivity index (χ0v) is 28.2. The largest absolute Gasteiger partial charge is 0.444 e. The number of piperazine rings is 1. The summed E-state index contributed by atoms with van der Waals surface area (Å²) >= 11 is 6.14. The van der Waals surface area contributed by atoms with E-state index in [2.05, 4.69) is 20.4 Å². The van der Waals surface area contributed by atoms with E-state index in [0.29, 0.717) is 35.9 Å². The Balaban J connectivity index is 1.33. The highest BCUT2D eigenvalue weighted by Gasteiger charge is 2.23. The minimum atomic E-state index is -0.613. The molecule has 12 heteroatoms. The van der Waals surface area contributed by atoms with Crippen molar-refractivity contribution in [2.75, 3.05) is 38.1 Å². The second-order valence-corrected chi connectivity index (χ2v) is 13.5. The number of halogens is 2. The van der Waals surface area contributed by atoms with E-state index in [-0.39, 0.29) is 35.6 Å². The summed E-state index contributed by atoms with van der Waals surface area (Å²) in [6, 6.07) is 18.1. The van der Waals surface area contributed by atoms with Crippen LogP contribution in [0.25, 0.3) is 22.3 Å². The maximum Gasteiger partial charge on any atom is 0.407 e. The van der Waals surface area contributed by atoms with Gasteiger partial charge in [-0.05, 0) is 68.8 Å². The molecule has 0 saturated carbocycles. The van der Waals surface area contributed by atoms with E-state index in [1.807, 2.05) is 65.0 Å². The number of pyridine rings is 1. The summed E-state index contributed by atoms with van der Waals surface area (Å²) in [6.45, 7) is 9.06. The average molecular weight is 673 g/mol. The number of rotatable bonds is 8. The van der Waals surface area contributed by atoms with Gasteiger partial charge in [0.05, 0.1) is 23.2 Å². The first-order chi connectivity index (χ1) is 22.9. The summed E-state index contributed by atoms with van der Waals surface area (Å²) in [4.78, 5) is 35.0. The fourth-order valence-corrected chi connectivity index (χ4v) is 5.87. The molecule has 48 heavy (non-hydrogen) atoms. The molecule has 1 fully saturated rings. The lowest BCUT2D eigenvalue weighted by atomic mass is 10.0. The van der Waals surface area contributed by atoms with E-state index in [0.717, 1.165) is 29.8 Å². The Morgan fingerprint density at radius 3 is 2.46 bits per heavy atom. The summed E-state index contributed by atoms with van der Waals surface area (Å²) in [7, 11) is 2.05. The predicted octanol–water partition coefficient (Wildman–Crippen LogP) is 6.26. The smallest absolute Gasteiger partial charge is 0.407 e. The van der Waals surface area contributed by atoms with Crippen LogP contribution in [-0.4, -0.2) is 64.5 Å². The minimum absolute atomic E-state index is 0.106. The Hall–Kier alpha value is -4.74. The topological polar surface area (TPSA) is 106 Å². The van der Waals surface area contributed by atoms with Crippen molar-refractivity contribution in [1.29, 1.82) is 0 Å². The van der Waals surface area contributed by atoms with Gasteiger partial charge in [-0.15, -0.1) is 0 Å². The summed E-state index contributed by atoms with van der Waals surface area (Å²) in [5.41, 5.74) is 2.92. The van der Waals surface area contributed by atoms with Gasteiger partial charge in [-0.25, -0.2) is 9.18 Å². The van der Waals surface area contributed by atoms with Crippen LogP contribution in [-0.2, 0) is 24.2 Å². The number of alkyl carbamates (subject to hydrolysis) is 1. The van der Waals surface area contributed by atoms with Crippen LogP contribution >= 0.6 is 11.6 Å². The van der Waals surface area contributed by atoms with Gasteiger partial charge < -0.3 is 28.9 Å². The zero-order chi connectivity index (χ0) is 34.0. The molecule has 0 radical (unpaired) electrons. The van der Waals surface area contributed by atoms with Crippen molar-refractivity contribution in [2.24, 2.45) is 0 Å². The molecule has 1 aliphatic rings. The summed E-state index contributed by atoms with van der Waals surface area (Å²) < 4.78 is 28.6. The predicted molar refractivity (Wildman–Crippen MR) is 184 cm³/mol. The number of ether oxygens (including phenoxy) is 1. The van der Waals surface area contributed by atoms with Crippen molar-refractivity contribution in [2.45, 2.75) is 45.9 Å². The zero-order valence-electron chi connectivity index (χ0n) is 27.4. The Labute approximate surface area is 283 Å². The van der Waals surface area contributed by atoms with Gasteiger partial charge in [0.15, 0.2) is 0 Å². The number of anilines is 1. The van der Waals surface area contributed by atoms with Gasteiger partial charge in [-0.1, -0.05) is 53.2 Å². The molecule has 10 nitrogen and oxygen atoms in total. The van der Waals surface area contributed by atoms with Crippen LogP contribution in [0.1, 0.15) is 43.4 Å². The fraction of sp³-hybridized carbons (Fsp3) is 0.333. The van der Waals surface area contributed by atoms with Crippen LogP contribution in [0.15, 0.2) is 76.2 Å². The van der Waals surface area contributed by atoms with Gasteiger partial charge >= 0.3 is 6.09 Å². The molecule has 1 saturated heterocycles. The number of amides is 1. The average Bonchev–Trinajstić information content (AvgIpc) is 3.50. The molecule has 0 spiro atoms. The Kier molecular flexibility index (Phi) is 9.52. The SMILES string of the molecule is CN1CCN(c2cc3c(cc2F)c(=O)c(-c2noc(Cc4ccccc4CNC(=O)OC(C)(C)C)n2)cn3Cc2ccc(Cl)cc2)CC1. The first-order valence-corrected chi connectivity index (χ1v) is 16.2. The van der Waals surface area contributed by atoms with Crippen molar-refractivity contribution >= 4 is 34.3 Å². The minimum Gasteiger partial charge on any atom is -0.444 e. The molecular formula is C36H38ClFN6O4. The number of aromatic nitrogens is 3. The molecule has 250 valence electrons. The number of nitrogens with zero attached hydrogens (tertiary/aromatic N) is 5. The van der Waals surface area contributed by atoms with Gasteiger partial charge in [-0.3, -0.25) is 4.79 Å². The lowest BCUT2D eigenvalue weighted by Gasteiger charge is -2.34. The van der Waals surface area contributed by atoms with E-state index in [1.54, 1.807) is 33.0 Å². The van der Waals surface area contributed by atoms with Gasteiger partial charge in [0.25, 0.3) is 0 Å². The van der Waals surface area contributed by atoms with Crippen LogP contribution < -0.4 is 15.6 Å². The third-order valence-electron chi connectivity index (χ3n) is 8.25. The number of carbonyl (C=O) groups excluding carboxylic acids is 1. The van der Waals surface area contributed by atoms with E-state index >= 15 is 4.39 Å². The lowest BCUT2D eigenvalue weighted by molar-refractivity contribution is 0.0523. The van der Waals surface area contributed by atoms with Crippen molar-refractivity contribution < 1.29 is 18.4 Å². The molecular weight excluding hydrogens is 635 g/mol. The van der Waals surface area contributed by atoms with Gasteiger partial charge in [0.1, 0.15) is 11.4 Å². The van der Waals surface area contributed by atoms with E-state index in [1.165, 1.54) is 6.07 Å². The van der Waals surface area contributed by atoms with Crippen molar-refractivity contribution in [3.8, 4) is 11.4 Å². The highest BCUT2D eigenvalue weighted by Crippen LogP contribution is 2.28. The first kappa shape index (κ1) is 33.2. The number of carbonyl (C=O) groups is 1. The number of nitrogens with one attached hydrogen (secondary N) is 1. The molecule has 6 rings (SSSR count). The van der Waals surface area contributed by atoms with Gasteiger partial charge in [0.2, 0.25) is 17.1 Å². The maximum atomic E-state index is 15.7. The molecule has 3 aromatic carbocycles. The molecule has 5 aromatic rings. The number of hydrogen-bond acceptors (Lipinski definition) is 8. The number of benzene rings is 3. The number of hydrogen-bond donors (Lipinski definition) is 1. The Morgan fingerprint density at radius 2 is 1.75 bits per heavy atom. The van der Waals surface area contributed by atoms with Crippen LogP contribution in [0, 0.1) is 5.82 Å². The summed E-state index contributed by atoms with van der Waals surface area (Å²) in [5, 5.41) is 7.78. The lowest BCUT2D eigenvalue weighted by Crippen LogP contribution is -2.44. The standard InChI is InChI=1S/C36H38ClFN6O4/c1-36(2,3)47-35(46)39-20-25-8-6-5-7-24(25)17-32-40-34(41-48-32)28-22-44(21-23-9-11-26(37)12-10-23)30-19-31(29(38)18-27(30)33(28)45)43-15-13-42(4)14-16-43/h5-12,18-19,22H,13-17,20-21H2,1-4H3,(H,39,46). The summed E-state index contributed by atoms with van der Waals surface area (Å²) in [6.07, 6.45) is 1.46. The Bertz CT molecular complexity index is 2000. The quantitative estimate of drug-likeness (QED) is 0.206. The molecule has 0 atom stereocenters. The second kappa shape index (κ2) is 13.8. The molecule has 3 heterocycles. The second-order valence-electron chi connectivity index (χ2n) is 13.1. The van der Waals surface area contributed by atoms with E-state index in [9.17, 15) is 9.59 Å². The van der Waals surface area contributed by atoms with Gasteiger partial charge in [0, 0.05) is 55.9 Å². The maximum absolute atomic E-state index is 15.7. The number of likely N-dealkylation sites (N-methyl/N-ethyl adjacent to an activating group) is 1. The third kappa shape index (κ3) is 7.69. The molecule has 0 bridgehead atoms. The normalized spacial score (nSPS) is 14.0. The fourth-order valence-electron chi connectivity index (χ4n) is 5.75. The molecule has 1 N–H and O–H groups in total. The first-order valence-electron chi connectivity index (χ1n) is 15.8. The van der Waals surface area contributed by atoms with E-state index < -0.39 is 22.9 Å².